The molecule has 0 radical (unpaired) electrons. The Hall–Kier alpha value is -1.11. The van der Waals surface area contributed by atoms with Gasteiger partial charge in [0.2, 0.25) is 15.0 Å². The molecule has 5 nitrogen and oxygen atoms in total. The van der Waals surface area contributed by atoms with Crippen LogP contribution in [0.15, 0.2) is 29.7 Å². The summed E-state index contributed by atoms with van der Waals surface area (Å²) in [6.07, 6.45) is 1.34. The average molecular weight is 306 g/mol. The van der Waals surface area contributed by atoms with Gasteiger partial charge in [-0.3, -0.25) is 0 Å². The Labute approximate surface area is 114 Å². The van der Waals surface area contributed by atoms with E-state index in [4.69, 9.17) is 23.2 Å². The first-order valence-corrected chi connectivity index (χ1v) is 7.31. The highest BCUT2D eigenvalue weighted by Crippen LogP contribution is 2.24. The molecule has 0 aliphatic carbocycles. The highest BCUT2D eigenvalue weighted by atomic mass is 35.5. The third-order valence-corrected chi connectivity index (χ3v) is 4.67. The molecular formula is C10H9Cl2N3O2S. The summed E-state index contributed by atoms with van der Waals surface area (Å²) in [5.41, 5.74) is 0.549. The van der Waals surface area contributed by atoms with Gasteiger partial charge in [-0.15, -0.1) is 10.2 Å². The van der Waals surface area contributed by atoms with Gasteiger partial charge in [0.05, 0.1) is 15.8 Å². The number of rotatable bonds is 3. The van der Waals surface area contributed by atoms with E-state index in [0.29, 0.717) is 15.6 Å². The molecular weight excluding hydrogens is 297 g/mol. The fraction of sp³-hybridized carbons (Fsp3) is 0.200. The summed E-state index contributed by atoms with van der Waals surface area (Å²) in [5.74, 6) is -0.198. The largest absolute Gasteiger partial charge is 0.308 e. The van der Waals surface area contributed by atoms with E-state index in [1.807, 2.05) is 0 Å². The maximum absolute atomic E-state index is 12.1. The van der Waals surface area contributed by atoms with Crippen LogP contribution in [0, 0.1) is 0 Å². The molecule has 0 spiro atoms. The molecule has 1 heterocycles. The zero-order chi connectivity index (χ0) is 13.3. The fourth-order valence-electron chi connectivity index (χ4n) is 1.47. The number of hydrogen-bond donors (Lipinski definition) is 0. The standard InChI is InChI=1S/C10H9Cl2N3O2S/c1-15-6-13-14-10(15)18(16,17)5-7-2-3-8(11)9(12)4-7/h2-4,6H,5H2,1H3. The van der Waals surface area contributed by atoms with Crippen LogP contribution in [0.25, 0.3) is 0 Å². The second-order valence-corrected chi connectivity index (χ2v) is 6.43. The smallest absolute Gasteiger partial charge is 0.249 e. The lowest BCUT2D eigenvalue weighted by molar-refractivity contribution is 0.577. The lowest BCUT2D eigenvalue weighted by Gasteiger charge is -2.04. The van der Waals surface area contributed by atoms with Crippen molar-refractivity contribution >= 4 is 33.0 Å². The molecule has 2 aromatic rings. The maximum atomic E-state index is 12.1. The predicted octanol–water partition coefficient (Wildman–Crippen LogP) is 2.10. The van der Waals surface area contributed by atoms with Crippen LogP contribution in [0.5, 0.6) is 0 Å². The van der Waals surface area contributed by atoms with Gasteiger partial charge in [-0.2, -0.15) is 0 Å². The Bertz CT molecular complexity index is 682. The van der Waals surface area contributed by atoms with Gasteiger partial charge in [0.25, 0.3) is 0 Å². The lowest BCUT2D eigenvalue weighted by Crippen LogP contribution is -2.10. The normalized spacial score (nSPS) is 11.7. The number of sulfone groups is 1. The van der Waals surface area contributed by atoms with Crippen molar-refractivity contribution in [3.8, 4) is 0 Å². The van der Waals surface area contributed by atoms with Crippen molar-refractivity contribution in [1.29, 1.82) is 0 Å². The zero-order valence-corrected chi connectivity index (χ0v) is 11.7. The Kier molecular flexibility index (Phi) is 3.61. The number of hydrogen-bond acceptors (Lipinski definition) is 4. The molecule has 0 saturated heterocycles. The van der Waals surface area contributed by atoms with Crippen molar-refractivity contribution < 1.29 is 8.42 Å². The van der Waals surface area contributed by atoms with Crippen molar-refractivity contribution in [3.05, 3.63) is 40.1 Å². The predicted molar refractivity (Wildman–Crippen MR) is 68.4 cm³/mol. The minimum absolute atomic E-state index is 0.0754. The van der Waals surface area contributed by atoms with E-state index in [1.165, 1.54) is 17.0 Å². The van der Waals surface area contributed by atoms with E-state index in [2.05, 4.69) is 10.2 Å². The van der Waals surface area contributed by atoms with E-state index in [0.717, 1.165) is 0 Å². The van der Waals surface area contributed by atoms with E-state index in [9.17, 15) is 8.42 Å². The van der Waals surface area contributed by atoms with Crippen molar-refractivity contribution in [3.63, 3.8) is 0 Å². The zero-order valence-electron chi connectivity index (χ0n) is 9.34. The number of aromatic nitrogens is 3. The van der Waals surface area contributed by atoms with Gasteiger partial charge in [0.1, 0.15) is 6.33 Å². The molecule has 0 fully saturated rings. The molecule has 0 bridgehead atoms. The Balaban J connectivity index is 2.34. The number of nitrogens with zero attached hydrogens (tertiary/aromatic N) is 3. The van der Waals surface area contributed by atoms with Crippen molar-refractivity contribution in [2.75, 3.05) is 0 Å². The highest BCUT2D eigenvalue weighted by molar-refractivity contribution is 7.90. The second-order valence-electron chi connectivity index (χ2n) is 3.73. The summed E-state index contributed by atoms with van der Waals surface area (Å²) in [6.45, 7) is 0. The van der Waals surface area contributed by atoms with Crippen LogP contribution in [0.2, 0.25) is 10.0 Å². The van der Waals surface area contributed by atoms with Crippen LogP contribution in [-0.2, 0) is 22.6 Å². The first kappa shape index (κ1) is 13.3. The van der Waals surface area contributed by atoms with Gasteiger partial charge in [-0.05, 0) is 17.7 Å². The molecule has 2 rings (SSSR count). The molecule has 0 aliphatic rings. The van der Waals surface area contributed by atoms with E-state index in [-0.39, 0.29) is 10.9 Å². The summed E-state index contributed by atoms with van der Waals surface area (Å²) in [7, 11) is -1.97. The van der Waals surface area contributed by atoms with E-state index >= 15 is 0 Å². The third kappa shape index (κ3) is 2.66. The third-order valence-electron chi connectivity index (χ3n) is 2.29. The topological polar surface area (TPSA) is 64.8 Å². The minimum Gasteiger partial charge on any atom is -0.308 e. The Morgan fingerprint density at radius 1 is 1.28 bits per heavy atom. The molecule has 0 saturated carbocycles. The number of aryl methyl sites for hydroxylation is 1. The summed E-state index contributed by atoms with van der Waals surface area (Å²) >= 11 is 11.6. The van der Waals surface area contributed by atoms with Crippen LogP contribution in [0.1, 0.15) is 5.56 Å². The molecule has 18 heavy (non-hydrogen) atoms. The average Bonchev–Trinajstić information content (AvgIpc) is 2.70. The van der Waals surface area contributed by atoms with Gasteiger partial charge in [0.15, 0.2) is 0 Å². The van der Waals surface area contributed by atoms with Gasteiger partial charge >= 0.3 is 0 Å². The fourth-order valence-corrected chi connectivity index (χ4v) is 3.19. The molecule has 0 aliphatic heterocycles. The van der Waals surface area contributed by atoms with Crippen LogP contribution < -0.4 is 0 Å². The van der Waals surface area contributed by atoms with Crippen LogP contribution in [0.4, 0.5) is 0 Å². The minimum atomic E-state index is -3.54. The molecule has 8 heteroatoms. The Morgan fingerprint density at radius 3 is 2.56 bits per heavy atom. The van der Waals surface area contributed by atoms with Gasteiger partial charge in [-0.1, -0.05) is 29.3 Å². The van der Waals surface area contributed by atoms with Gasteiger partial charge in [-0.25, -0.2) is 8.42 Å². The highest BCUT2D eigenvalue weighted by Gasteiger charge is 2.21. The van der Waals surface area contributed by atoms with Gasteiger partial charge in [0, 0.05) is 7.05 Å². The van der Waals surface area contributed by atoms with Gasteiger partial charge < -0.3 is 4.57 Å². The molecule has 1 aromatic heterocycles. The van der Waals surface area contributed by atoms with Crippen LogP contribution in [-0.4, -0.2) is 23.2 Å². The van der Waals surface area contributed by atoms with Crippen molar-refractivity contribution in [2.45, 2.75) is 10.9 Å². The van der Waals surface area contributed by atoms with Crippen LogP contribution in [0.3, 0.4) is 0 Å². The van der Waals surface area contributed by atoms with E-state index < -0.39 is 9.84 Å². The maximum Gasteiger partial charge on any atom is 0.249 e. The SMILES string of the molecule is Cn1cnnc1S(=O)(=O)Cc1ccc(Cl)c(Cl)c1. The molecule has 0 unspecified atom stereocenters. The summed E-state index contributed by atoms with van der Waals surface area (Å²) in [5, 5.41) is 7.77. The first-order valence-electron chi connectivity index (χ1n) is 4.91. The monoisotopic (exact) mass is 305 g/mol. The lowest BCUT2D eigenvalue weighted by atomic mass is 10.2. The summed E-state index contributed by atoms with van der Waals surface area (Å²) < 4.78 is 25.5. The van der Waals surface area contributed by atoms with E-state index in [1.54, 1.807) is 19.2 Å². The molecule has 1 aromatic carbocycles. The summed E-state index contributed by atoms with van der Waals surface area (Å²) in [6, 6.07) is 4.70. The van der Waals surface area contributed by atoms with Crippen molar-refractivity contribution in [1.82, 2.24) is 14.8 Å². The molecule has 96 valence electrons. The molecule has 0 N–H and O–H groups in total. The first-order chi connectivity index (χ1) is 8.40. The number of benzene rings is 1. The second kappa shape index (κ2) is 4.87. The Morgan fingerprint density at radius 2 is 2.00 bits per heavy atom. The van der Waals surface area contributed by atoms with Crippen LogP contribution >= 0.6 is 23.2 Å². The molecule has 0 atom stereocenters. The number of halogens is 2. The quantitative estimate of drug-likeness (QED) is 0.871. The molecule has 0 amide bonds. The van der Waals surface area contributed by atoms with Crippen molar-refractivity contribution in [2.24, 2.45) is 7.05 Å². The summed E-state index contributed by atoms with van der Waals surface area (Å²) in [4.78, 5) is 0.